The minimum absolute atomic E-state index is 0.197. The normalized spacial score (nSPS) is 10.4. The molecule has 3 rings (SSSR count). The molecule has 4 nitrogen and oxygen atoms in total. The molecule has 0 aliphatic rings. The average Bonchev–Trinajstić information content (AvgIpc) is 2.59. The number of hydrogen-bond donors (Lipinski definition) is 0. The summed E-state index contributed by atoms with van der Waals surface area (Å²) < 4.78 is 16.4. The average molecular weight is 341 g/mol. The van der Waals surface area contributed by atoms with Crippen LogP contribution in [-0.4, -0.2) is 13.7 Å². The molecule has 0 unspecified atom stereocenters. The predicted octanol–water partition coefficient (Wildman–Crippen LogP) is 4.13. The zero-order valence-corrected chi connectivity index (χ0v) is 13.6. The number of methoxy groups -OCH3 is 1. The standard InChI is InChI=1S/C19H13ClO4/c1-3-8-23-14-6-4-12(5-7-14)16-11-15(21)19-17(22-2)9-13(20)10-18(19)24-16/h1,4-7,9-11H,8H2,2H3. The predicted molar refractivity (Wildman–Crippen MR) is 93.8 cm³/mol. The van der Waals surface area contributed by atoms with Crippen molar-refractivity contribution < 1.29 is 13.9 Å². The highest BCUT2D eigenvalue weighted by Gasteiger charge is 2.12. The van der Waals surface area contributed by atoms with Crippen molar-refractivity contribution in [2.45, 2.75) is 0 Å². The number of benzene rings is 2. The van der Waals surface area contributed by atoms with Gasteiger partial charge in [-0.3, -0.25) is 4.79 Å². The minimum Gasteiger partial charge on any atom is -0.496 e. The maximum absolute atomic E-state index is 12.4. The molecule has 0 saturated heterocycles. The Hall–Kier alpha value is -2.90. The maximum Gasteiger partial charge on any atom is 0.197 e. The Morgan fingerprint density at radius 2 is 1.96 bits per heavy atom. The highest BCUT2D eigenvalue weighted by Crippen LogP contribution is 2.31. The van der Waals surface area contributed by atoms with Gasteiger partial charge in [-0.05, 0) is 30.3 Å². The summed E-state index contributed by atoms with van der Waals surface area (Å²) >= 11 is 6.05. The summed E-state index contributed by atoms with van der Waals surface area (Å²) in [5, 5.41) is 0.789. The van der Waals surface area contributed by atoms with E-state index in [1.807, 2.05) is 0 Å². The lowest BCUT2D eigenvalue weighted by Crippen LogP contribution is -2.02. The highest BCUT2D eigenvalue weighted by atomic mass is 35.5. The number of halogens is 1. The lowest BCUT2D eigenvalue weighted by atomic mass is 10.1. The van der Waals surface area contributed by atoms with E-state index in [1.165, 1.54) is 13.2 Å². The Balaban J connectivity index is 2.08. The summed E-state index contributed by atoms with van der Waals surface area (Å²) in [4.78, 5) is 12.4. The van der Waals surface area contributed by atoms with E-state index in [-0.39, 0.29) is 12.0 Å². The first-order valence-electron chi connectivity index (χ1n) is 7.10. The highest BCUT2D eigenvalue weighted by molar-refractivity contribution is 6.31. The van der Waals surface area contributed by atoms with Crippen LogP contribution in [0.3, 0.4) is 0 Å². The van der Waals surface area contributed by atoms with Gasteiger partial charge in [-0.2, -0.15) is 0 Å². The fraction of sp³-hybridized carbons (Fsp3) is 0.105. The molecule has 0 fully saturated rings. The number of fused-ring (bicyclic) bond motifs is 1. The van der Waals surface area contributed by atoms with Crippen LogP contribution in [0.2, 0.25) is 5.02 Å². The van der Waals surface area contributed by atoms with Crippen molar-refractivity contribution in [2.24, 2.45) is 0 Å². The van der Waals surface area contributed by atoms with Gasteiger partial charge in [-0.25, -0.2) is 0 Å². The lowest BCUT2D eigenvalue weighted by Gasteiger charge is -2.08. The monoisotopic (exact) mass is 340 g/mol. The van der Waals surface area contributed by atoms with E-state index in [1.54, 1.807) is 36.4 Å². The Labute approximate surface area is 143 Å². The third kappa shape index (κ3) is 3.08. The molecule has 0 saturated carbocycles. The van der Waals surface area contributed by atoms with Crippen LogP contribution in [0.5, 0.6) is 11.5 Å². The van der Waals surface area contributed by atoms with Crippen LogP contribution in [0.4, 0.5) is 0 Å². The van der Waals surface area contributed by atoms with Gasteiger partial charge in [0.05, 0.1) is 7.11 Å². The Morgan fingerprint density at radius 1 is 1.21 bits per heavy atom. The quantitative estimate of drug-likeness (QED) is 0.670. The van der Waals surface area contributed by atoms with Crippen molar-refractivity contribution in [1.29, 1.82) is 0 Å². The van der Waals surface area contributed by atoms with Gasteiger partial charge in [0, 0.05) is 22.7 Å². The van der Waals surface area contributed by atoms with Crippen molar-refractivity contribution in [3.05, 3.63) is 57.7 Å². The molecule has 24 heavy (non-hydrogen) atoms. The summed E-state index contributed by atoms with van der Waals surface area (Å²) in [7, 11) is 1.48. The number of terminal acetylenes is 1. The zero-order chi connectivity index (χ0) is 17.1. The number of ether oxygens (including phenoxy) is 2. The zero-order valence-electron chi connectivity index (χ0n) is 12.8. The van der Waals surface area contributed by atoms with Gasteiger partial charge < -0.3 is 13.9 Å². The van der Waals surface area contributed by atoms with E-state index in [4.69, 9.17) is 31.9 Å². The van der Waals surface area contributed by atoms with Gasteiger partial charge in [0.2, 0.25) is 0 Å². The van der Waals surface area contributed by atoms with Crippen LogP contribution in [0.25, 0.3) is 22.3 Å². The first kappa shape index (κ1) is 16.0. The van der Waals surface area contributed by atoms with Crippen molar-refractivity contribution in [2.75, 3.05) is 13.7 Å². The second kappa shape index (κ2) is 6.69. The third-order valence-corrected chi connectivity index (χ3v) is 3.66. The molecule has 3 aromatic rings. The smallest absolute Gasteiger partial charge is 0.197 e. The maximum atomic E-state index is 12.4. The van der Waals surface area contributed by atoms with Crippen molar-refractivity contribution in [3.63, 3.8) is 0 Å². The molecule has 0 aliphatic heterocycles. The van der Waals surface area contributed by atoms with Crippen LogP contribution in [-0.2, 0) is 0 Å². The first-order valence-corrected chi connectivity index (χ1v) is 7.48. The molecule has 0 radical (unpaired) electrons. The summed E-state index contributed by atoms with van der Waals surface area (Å²) in [6.07, 6.45) is 5.16. The van der Waals surface area contributed by atoms with Crippen molar-refractivity contribution in [3.8, 4) is 35.2 Å². The Morgan fingerprint density at radius 3 is 2.62 bits per heavy atom. The minimum atomic E-state index is -0.201. The van der Waals surface area contributed by atoms with E-state index in [9.17, 15) is 4.79 Å². The second-order valence-electron chi connectivity index (χ2n) is 4.97. The largest absolute Gasteiger partial charge is 0.496 e. The molecule has 0 N–H and O–H groups in total. The second-order valence-corrected chi connectivity index (χ2v) is 5.41. The van der Waals surface area contributed by atoms with Gasteiger partial charge in [-0.15, -0.1) is 6.42 Å². The molecule has 0 bridgehead atoms. The van der Waals surface area contributed by atoms with E-state index in [2.05, 4.69) is 5.92 Å². The Bertz CT molecular complexity index is 981. The molecule has 5 heteroatoms. The topological polar surface area (TPSA) is 48.7 Å². The molecule has 1 aromatic heterocycles. The van der Waals surface area contributed by atoms with Crippen molar-refractivity contribution in [1.82, 2.24) is 0 Å². The van der Waals surface area contributed by atoms with E-state index >= 15 is 0 Å². The molecule has 0 amide bonds. The summed E-state index contributed by atoms with van der Waals surface area (Å²) in [5.74, 6) is 3.86. The van der Waals surface area contributed by atoms with Gasteiger partial charge in [0.15, 0.2) is 5.43 Å². The molecule has 2 aromatic carbocycles. The Kier molecular flexibility index (Phi) is 4.45. The van der Waals surface area contributed by atoms with E-state index in [0.29, 0.717) is 33.3 Å². The fourth-order valence-corrected chi connectivity index (χ4v) is 2.56. The van der Waals surface area contributed by atoms with Crippen LogP contribution in [0.1, 0.15) is 0 Å². The van der Waals surface area contributed by atoms with Crippen LogP contribution < -0.4 is 14.9 Å². The molecule has 1 heterocycles. The molecule has 120 valence electrons. The third-order valence-electron chi connectivity index (χ3n) is 3.44. The molecule has 0 atom stereocenters. The molecular weight excluding hydrogens is 328 g/mol. The molecule has 0 aliphatic carbocycles. The number of rotatable bonds is 4. The van der Waals surface area contributed by atoms with E-state index in [0.717, 1.165) is 5.56 Å². The van der Waals surface area contributed by atoms with Gasteiger partial charge in [-0.1, -0.05) is 17.5 Å². The van der Waals surface area contributed by atoms with Gasteiger partial charge >= 0.3 is 0 Å². The fourth-order valence-electron chi connectivity index (χ4n) is 2.36. The van der Waals surface area contributed by atoms with Gasteiger partial charge in [0.25, 0.3) is 0 Å². The van der Waals surface area contributed by atoms with Crippen LogP contribution in [0, 0.1) is 12.3 Å². The molecular formula is C19H13ClO4. The summed E-state index contributed by atoms with van der Waals surface area (Å²) in [5.41, 5.74) is 0.905. The van der Waals surface area contributed by atoms with Gasteiger partial charge in [0.1, 0.15) is 34.8 Å². The SMILES string of the molecule is C#CCOc1ccc(-c2cc(=O)c3c(OC)cc(Cl)cc3o2)cc1. The summed E-state index contributed by atoms with van der Waals surface area (Å²) in [6.45, 7) is 0.197. The first-order chi connectivity index (χ1) is 11.6. The number of hydrogen-bond acceptors (Lipinski definition) is 4. The van der Waals surface area contributed by atoms with E-state index < -0.39 is 0 Å². The summed E-state index contributed by atoms with van der Waals surface area (Å²) in [6, 6.07) is 11.7. The van der Waals surface area contributed by atoms with Crippen LogP contribution in [0.15, 0.2) is 51.7 Å². The lowest BCUT2D eigenvalue weighted by molar-refractivity contribution is 0.370. The molecule has 0 spiro atoms. The van der Waals surface area contributed by atoms with Crippen LogP contribution >= 0.6 is 11.6 Å². The van der Waals surface area contributed by atoms with Crippen molar-refractivity contribution >= 4 is 22.6 Å².